The van der Waals surface area contributed by atoms with Crippen LogP contribution in [0.4, 0.5) is 0 Å². The van der Waals surface area contributed by atoms with Gasteiger partial charge in [0, 0.05) is 36.9 Å². The van der Waals surface area contributed by atoms with Crippen molar-refractivity contribution in [1.82, 2.24) is 4.90 Å². The number of methoxy groups -OCH3 is 1. The highest BCUT2D eigenvalue weighted by molar-refractivity contribution is 5.86. The molecule has 0 amide bonds. The number of rotatable bonds is 4. The number of ether oxygens (including phenoxy) is 3. The van der Waals surface area contributed by atoms with Crippen LogP contribution in [-0.2, 0) is 19.0 Å². The lowest BCUT2D eigenvalue weighted by molar-refractivity contribution is -0.269. The van der Waals surface area contributed by atoms with Crippen LogP contribution in [0.25, 0.3) is 0 Å². The third kappa shape index (κ3) is 2.49. The van der Waals surface area contributed by atoms with Crippen molar-refractivity contribution < 1.29 is 33.3 Å². The molecule has 3 aliphatic heterocycles. The molecule has 4 saturated carbocycles. The number of hydrogen-bond donors (Lipinski definition) is 1. The summed E-state index contributed by atoms with van der Waals surface area (Å²) < 4.78 is 23.9. The molecule has 8 rings (SSSR count). The first kappa shape index (κ1) is 22.3. The predicted molar refractivity (Wildman–Crippen MR) is 122 cm³/mol. The van der Waals surface area contributed by atoms with Crippen molar-refractivity contribution >= 4 is 11.9 Å². The average Bonchev–Trinajstić information content (AvgIpc) is 3.37. The number of esters is 2. The molecule has 190 valence electrons. The number of hydrogen-bond acceptors (Lipinski definition) is 8. The zero-order chi connectivity index (χ0) is 24.3. The van der Waals surface area contributed by atoms with Gasteiger partial charge in [0.25, 0.3) is 0 Å². The van der Waals surface area contributed by atoms with Crippen LogP contribution in [0.2, 0.25) is 0 Å². The van der Waals surface area contributed by atoms with E-state index >= 15 is 0 Å². The summed E-state index contributed by atoms with van der Waals surface area (Å²) in [5.74, 6) is -1.72. The minimum Gasteiger partial charge on any atom is -0.462 e. The highest BCUT2D eigenvalue weighted by atomic mass is 16.6. The van der Waals surface area contributed by atoms with E-state index in [1.807, 2.05) is 0 Å². The monoisotopic (exact) mass is 485 g/mol. The highest BCUT2D eigenvalue weighted by Crippen LogP contribution is 2.77. The van der Waals surface area contributed by atoms with Gasteiger partial charge in [-0.1, -0.05) is 13.8 Å². The van der Waals surface area contributed by atoms with Crippen molar-refractivity contribution in [2.24, 2.45) is 34.5 Å². The summed E-state index contributed by atoms with van der Waals surface area (Å²) in [6.45, 7) is 6.21. The Labute approximate surface area is 205 Å². The standard InChI is InChI=1S/C27H35NO7/c1-4-28-13-25(2)9-8-17(32-3)27-15-12-14-7-10-26(31,18(15)24(30)34-14)19(22(27)28)20(21(25)27)35-23(29)16-6-5-11-33-16/h5-6,11,14-15,17-22,31H,4,7-10,12-13H2,1-3H3/t14-,15?,17-,18?,19?,20+,21+,22+,25-,26+,27-/m0/s1. The summed E-state index contributed by atoms with van der Waals surface area (Å²) in [5, 5.41) is 12.6. The molecule has 3 saturated heterocycles. The fourth-order valence-electron chi connectivity index (χ4n) is 10.3. The molecule has 4 heterocycles. The van der Waals surface area contributed by atoms with Gasteiger partial charge in [0.1, 0.15) is 12.2 Å². The summed E-state index contributed by atoms with van der Waals surface area (Å²) in [5.41, 5.74) is -1.81. The van der Waals surface area contributed by atoms with Gasteiger partial charge in [-0.05, 0) is 62.1 Å². The zero-order valence-corrected chi connectivity index (χ0v) is 20.6. The number of nitrogens with zero attached hydrogens (tertiary/aromatic N) is 1. The van der Waals surface area contributed by atoms with E-state index in [-0.39, 0.29) is 47.2 Å². The SMILES string of the molecule is CCN1C[C@]2(C)CC[C@H](OC)[C@@]34C5C[C@@H]6CC[C@@](O)(C5C(=O)O6)C([C@@H](OC(=O)c5ccco5)[C@H]23)[C@@H]14. The number of piperidine rings is 1. The molecule has 9 bridgehead atoms. The molecule has 4 aliphatic carbocycles. The molecule has 7 fully saturated rings. The van der Waals surface area contributed by atoms with E-state index < -0.39 is 34.9 Å². The van der Waals surface area contributed by atoms with Gasteiger partial charge in [-0.2, -0.15) is 0 Å². The Morgan fingerprint density at radius 3 is 2.86 bits per heavy atom. The Morgan fingerprint density at radius 1 is 1.31 bits per heavy atom. The van der Waals surface area contributed by atoms with Crippen LogP contribution in [0.15, 0.2) is 22.8 Å². The zero-order valence-electron chi connectivity index (χ0n) is 20.6. The van der Waals surface area contributed by atoms with Gasteiger partial charge in [-0.3, -0.25) is 9.69 Å². The van der Waals surface area contributed by atoms with E-state index in [0.29, 0.717) is 12.8 Å². The fourth-order valence-corrected chi connectivity index (χ4v) is 10.3. The molecule has 1 aromatic rings. The number of fused-ring (bicyclic) bond motifs is 2. The smallest absolute Gasteiger partial charge is 0.374 e. The van der Waals surface area contributed by atoms with Crippen molar-refractivity contribution in [1.29, 1.82) is 0 Å². The van der Waals surface area contributed by atoms with Gasteiger partial charge in [-0.25, -0.2) is 4.79 Å². The molecule has 1 spiro atoms. The van der Waals surface area contributed by atoms with Gasteiger partial charge in [0.2, 0.25) is 5.76 Å². The van der Waals surface area contributed by atoms with Crippen molar-refractivity contribution in [2.75, 3.05) is 20.2 Å². The van der Waals surface area contributed by atoms with E-state index in [4.69, 9.17) is 18.6 Å². The Kier molecular flexibility index (Phi) is 4.53. The maximum Gasteiger partial charge on any atom is 0.374 e. The van der Waals surface area contributed by atoms with Gasteiger partial charge in [-0.15, -0.1) is 0 Å². The van der Waals surface area contributed by atoms with E-state index in [1.165, 1.54) is 6.26 Å². The molecule has 1 aromatic heterocycles. The van der Waals surface area contributed by atoms with Gasteiger partial charge in [0.05, 0.1) is 23.9 Å². The molecule has 1 N–H and O–H groups in total. The molecule has 11 atom stereocenters. The molecule has 3 unspecified atom stereocenters. The summed E-state index contributed by atoms with van der Waals surface area (Å²) in [6, 6.07) is 3.26. The molecule has 0 radical (unpaired) electrons. The number of likely N-dealkylation sites (tertiary alicyclic amines) is 1. The minimum absolute atomic E-state index is 0.0170. The molecule has 0 aromatic carbocycles. The maximum atomic E-state index is 13.5. The van der Waals surface area contributed by atoms with E-state index in [2.05, 4.69) is 18.7 Å². The average molecular weight is 486 g/mol. The van der Waals surface area contributed by atoms with Crippen molar-refractivity contribution in [2.45, 2.75) is 75.9 Å². The third-order valence-corrected chi connectivity index (χ3v) is 11.1. The predicted octanol–water partition coefficient (Wildman–Crippen LogP) is 2.64. The van der Waals surface area contributed by atoms with Crippen molar-refractivity contribution in [3.63, 3.8) is 0 Å². The molecular weight excluding hydrogens is 450 g/mol. The lowest BCUT2D eigenvalue weighted by Gasteiger charge is -2.69. The largest absolute Gasteiger partial charge is 0.462 e. The van der Waals surface area contributed by atoms with Gasteiger partial charge < -0.3 is 23.7 Å². The fraction of sp³-hybridized carbons (Fsp3) is 0.778. The second kappa shape index (κ2) is 7.11. The molecule has 35 heavy (non-hydrogen) atoms. The number of furan rings is 1. The Morgan fingerprint density at radius 2 is 2.14 bits per heavy atom. The van der Waals surface area contributed by atoms with E-state index in [9.17, 15) is 14.7 Å². The number of carbonyl (C=O) groups is 2. The van der Waals surface area contributed by atoms with Gasteiger partial charge in [0.15, 0.2) is 0 Å². The quantitative estimate of drug-likeness (QED) is 0.650. The van der Waals surface area contributed by atoms with Crippen LogP contribution in [-0.4, -0.2) is 72.1 Å². The third-order valence-electron chi connectivity index (χ3n) is 11.1. The Hall–Kier alpha value is -1.90. The normalized spacial score (nSPS) is 51.6. The second-order valence-corrected chi connectivity index (χ2v) is 12.2. The topological polar surface area (TPSA) is 98.4 Å². The lowest BCUT2D eigenvalue weighted by atomic mass is 9.42. The summed E-state index contributed by atoms with van der Waals surface area (Å²) in [6.07, 6.45) is 4.41. The van der Waals surface area contributed by atoms with Gasteiger partial charge >= 0.3 is 11.9 Å². The van der Waals surface area contributed by atoms with Crippen LogP contribution in [0.3, 0.4) is 0 Å². The van der Waals surface area contributed by atoms with Crippen LogP contribution >= 0.6 is 0 Å². The van der Waals surface area contributed by atoms with Crippen molar-refractivity contribution in [3.05, 3.63) is 24.2 Å². The van der Waals surface area contributed by atoms with E-state index in [1.54, 1.807) is 19.2 Å². The Bertz CT molecular complexity index is 1060. The van der Waals surface area contributed by atoms with Crippen LogP contribution in [0.1, 0.15) is 56.5 Å². The van der Waals surface area contributed by atoms with Crippen LogP contribution in [0, 0.1) is 34.5 Å². The molecule has 7 aliphatic rings. The maximum absolute atomic E-state index is 13.5. The second-order valence-electron chi connectivity index (χ2n) is 12.2. The van der Waals surface area contributed by atoms with E-state index in [0.717, 1.165) is 32.4 Å². The van der Waals surface area contributed by atoms with Crippen LogP contribution in [0.5, 0.6) is 0 Å². The summed E-state index contributed by atoms with van der Waals surface area (Å²) in [4.78, 5) is 29.3. The number of carbonyl (C=O) groups excluding carboxylic acids is 2. The number of aliphatic hydroxyl groups is 1. The first-order chi connectivity index (χ1) is 16.8. The first-order valence-corrected chi connectivity index (χ1v) is 13.2. The molecule has 8 nitrogen and oxygen atoms in total. The van der Waals surface area contributed by atoms with Crippen LogP contribution < -0.4 is 0 Å². The summed E-state index contributed by atoms with van der Waals surface area (Å²) >= 11 is 0. The highest BCUT2D eigenvalue weighted by Gasteiger charge is 2.85. The first-order valence-electron chi connectivity index (χ1n) is 13.2. The molecular formula is C27H35NO7. The molecule has 8 heteroatoms. The minimum atomic E-state index is -1.29. The summed E-state index contributed by atoms with van der Waals surface area (Å²) in [7, 11) is 1.78. The Balaban J connectivity index is 1.48. The van der Waals surface area contributed by atoms with Crippen molar-refractivity contribution in [3.8, 4) is 0 Å². The lowest BCUT2D eigenvalue weighted by Crippen LogP contribution is -2.76.